The predicted molar refractivity (Wildman–Crippen MR) is 82.6 cm³/mol. The Balaban J connectivity index is 2.07. The van der Waals surface area contributed by atoms with E-state index in [2.05, 4.69) is 35.1 Å². The summed E-state index contributed by atoms with van der Waals surface area (Å²) in [6.07, 6.45) is 1.90. The Kier molecular flexibility index (Phi) is 8.10. The molecule has 0 spiro atoms. The van der Waals surface area contributed by atoms with Crippen molar-refractivity contribution in [2.45, 2.75) is 32.8 Å². The molecule has 1 aromatic rings. The van der Waals surface area contributed by atoms with Crippen LogP contribution in [0.2, 0.25) is 0 Å². The molecule has 1 aromatic carbocycles. The van der Waals surface area contributed by atoms with Crippen LogP contribution in [0.4, 0.5) is 0 Å². The highest BCUT2D eigenvalue weighted by Crippen LogP contribution is 2.16. The van der Waals surface area contributed by atoms with E-state index in [-0.39, 0.29) is 0 Å². The number of aliphatic hydroxyl groups excluding tert-OH is 1. The van der Waals surface area contributed by atoms with Gasteiger partial charge in [0.15, 0.2) is 0 Å². The number of hydrogen-bond acceptors (Lipinski definition) is 3. The van der Waals surface area contributed by atoms with E-state index >= 15 is 0 Å². The van der Waals surface area contributed by atoms with Crippen molar-refractivity contribution >= 4 is 15.9 Å². The minimum Gasteiger partial charge on any atom is -0.491 e. The third-order valence-corrected chi connectivity index (χ3v) is 3.30. The van der Waals surface area contributed by atoms with Gasteiger partial charge < -0.3 is 15.2 Å². The summed E-state index contributed by atoms with van der Waals surface area (Å²) in [6.45, 7) is 6.29. The van der Waals surface area contributed by atoms with E-state index in [4.69, 9.17) is 4.74 Å². The third-order valence-electron chi connectivity index (χ3n) is 2.77. The van der Waals surface area contributed by atoms with Gasteiger partial charge in [0.2, 0.25) is 0 Å². The highest BCUT2D eigenvalue weighted by Gasteiger charge is 2.04. The molecule has 0 aliphatic rings. The van der Waals surface area contributed by atoms with Gasteiger partial charge in [0.25, 0.3) is 0 Å². The standard InChI is InChI=1S/C15H24BrNO2/c1-12(2)4-3-9-17-10-14(18)11-19-15-7-5-13(16)6-8-15/h5-8,12,14,17-18H,3-4,9-11H2,1-2H3. The van der Waals surface area contributed by atoms with Crippen LogP contribution in [0, 0.1) is 5.92 Å². The van der Waals surface area contributed by atoms with Crippen LogP contribution in [0.25, 0.3) is 0 Å². The van der Waals surface area contributed by atoms with Crippen LogP contribution in [0.1, 0.15) is 26.7 Å². The first-order valence-corrected chi connectivity index (χ1v) is 7.64. The van der Waals surface area contributed by atoms with Crippen molar-refractivity contribution in [1.29, 1.82) is 0 Å². The lowest BCUT2D eigenvalue weighted by Gasteiger charge is -2.13. The van der Waals surface area contributed by atoms with E-state index in [9.17, 15) is 5.11 Å². The van der Waals surface area contributed by atoms with Gasteiger partial charge in [-0.25, -0.2) is 0 Å². The fraction of sp³-hybridized carbons (Fsp3) is 0.600. The van der Waals surface area contributed by atoms with E-state index in [0.29, 0.717) is 13.2 Å². The lowest BCUT2D eigenvalue weighted by atomic mass is 10.1. The van der Waals surface area contributed by atoms with Crippen LogP contribution < -0.4 is 10.1 Å². The van der Waals surface area contributed by atoms with Crippen molar-refractivity contribution in [2.75, 3.05) is 19.7 Å². The molecule has 0 saturated carbocycles. The zero-order valence-electron chi connectivity index (χ0n) is 11.7. The predicted octanol–water partition coefficient (Wildman–Crippen LogP) is 3.21. The third kappa shape index (κ3) is 8.24. The maximum atomic E-state index is 9.78. The Morgan fingerprint density at radius 1 is 1.26 bits per heavy atom. The highest BCUT2D eigenvalue weighted by atomic mass is 79.9. The molecular formula is C15H24BrNO2. The van der Waals surface area contributed by atoms with Crippen molar-refractivity contribution in [2.24, 2.45) is 5.92 Å². The molecule has 0 radical (unpaired) electrons. The Morgan fingerprint density at radius 3 is 2.58 bits per heavy atom. The largest absolute Gasteiger partial charge is 0.491 e. The molecule has 1 rings (SSSR count). The number of ether oxygens (including phenoxy) is 1. The zero-order chi connectivity index (χ0) is 14.1. The van der Waals surface area contributed by atoms with E-state index in [1.807, 2.05) is 24.3 Å². The fourth-order valence-electron chi connectivity index (χ4n) is 1.69. The molecule has 0 heterocycles. The summed E-state index contributed by atoms with van der Waals surface area (Å²) >= 11 is 3.37. The van der Waals surface area contributed by atoms with Gasteiger partial charge in [0, 0.05) is 11.0 Å². The second-order valence-corrected chi connectivity index (χ2v) is 6.07. The van der Waals surface area contributed by atoms with Gasteiger partial charge in [0.05, 0.1) is 0 Å². The van der Waals surface area contributed by atoms with E-state index in [1.165, 1.54) is 6.42 Å². The minimum atomic E-state index is -0.470. The molecule has 4 heteroatoms. The van der Waals surface area contributed by atoms with Gasteiger partial charge >= 0.3 is 0 Å². The number of nitrogens with one attached hydrogen (secondary N) is 1. The molecule has 0 aliphatic carbocycles. The van der Waals surface area contributed by atoms with Crippen LogP contribution in [-0.4, -0.2) is 30.9 Å². The monoisotopic (exact) mass is 329 g/mol. The number of aliphatic hydroxyl groups is 1. The van der Waals surface area contributed by atoms with Gasteiger partial charge in [-0.1, -0.05) is 29.8 Å². The molecule has 0 bridgehead atoms. The van der Waals surface area contributed by atoms with Crippen LogP contribution >= 0.6 is 15.9 Å². The van der Waals surface area contributed by atoms with Gasteiger partial charge in [-0.3, -0.25) is 0 Å². The zero-order valence-corrected chi connectivity index (χ0v) is 13.3. The summed E-state index contributed by atoms with van der Waals surface area (Å²) in [4.78, 5) is 0. The SMILES string of the molecule is CC(C)CCCNCC(O)COc1ccc(Br)cc1. The lowest BCUT2D eigenvalue weighted by Crippen LogP contribution is -2.32. The van der Waals surface area contributed by atoms with Crippen molar-refractivity contribution < 1.29 is 9.84 Å². The van der Waals surface area contributed by atoms with Gasteiger partial charge in [0.1, 0.15) is 18.5 Å². The molecule has 108 valence electrons. The average molecular weight is 330 g/mol. The van der Waals surface area contributed by atoms with Crippen molar-refractivity contribution in [1.82, 2.24) is 5.32 Å². The smallest absolute Gasteiger partial charge is 0.119 e. The molecule has 1 atom stereocenters. The fourth-order valence-corrected chi connectivity index (χ4v) is 1.95. The van der Waals surface area contributed by atoms with Crippen molar-refractivity contribution in [3.63, 3.8) is 0 Å². The first kappa shape index (κ1) is 16.5. The lowest BCUT2D eigenvalue weighted by molar-refractivity contribution is 0.106. The maximum absolute atomic E-state index is 9.78. The molecule has 3 nitrogen and oxygen atoms in total. The van der Waals surface area contributed by atoms with Gasteiger partial charge in [-0.15, -0.1) is 0 Å². The minimum absolute atomic E-state index is 0.318. The number of benzene rings is 1. The summed E-state index contributed by atoms with van der Waals surface area (Å²) < 4.78 is 6.53. The Morgan fingerprint density at radius 2 is 1.95 bits per heavy atom. The molecule has 2 N–H and O–H groups in total. The van der Waals surface area contributed by atoms with Crippen LogP contribution in [0.15, 0.2) is 28.7 Å². The summed E-state index contributed by atoms with van der Waals surface area (Å²) in [5, 5.41) is 13.0. The summed E-state index contributed by atoms with van der Waals surface area (Å²) in [5.74, 6) is 1.52. The van der Waals surface area contributed by atoms with Crippen LogP contribution in [0.5, 0.6) is 5.75 Å². The average Bonchev–Trinajstić information content (AvgIpc) is 2.37. The number of halogens is 1. The van der Waals surface area contributed by atoms with E-state index < -0.39 is 6.10 Å². The van der Waals surface area contributed by atoms with Crippen LogP contribution in [-0.2, 0) is 0 Å². The molecule has 0 fully saturated rings. The molecule has 0 amide bonds. The summed E-state index contributed by atoms with van der Waals surface area (Å²) in [7, 11) is 0. The second-order valence-electron chi connectivity index (χ2n) is 5.16. The first-order chi connectivity index (χ1) is 9.08. The van der Waals surface area contributed by atoms with E-state index in [0.717, 1.165) is 29.1 Å². The Hall–Kier alpha value is -0.580. The molecule has 0 aromatic heterocycles. The van der Waals surface area contributed by atoms with Crippen molar-refractivity contribution in [3.05, 3.63) is 28.7 Å². The summed E-state index contributed by atoms with van der Waals surface area (Å²) in [5.41, 5.74) is 0. The molecule has 0 saturated heterocycles. The number of rotatable bonds is 9. The molecule has 1 unspecified atom stereocenters. The molecular weight excluding hydrogens is 306 g/mol. The van der Waals surface area contributed by atoms with Crippen molar-refractivity contribution in [3.8, 4) is 5.75 Å². The first-order valence-electron chi connectivity index (χ1n) is 6.85. The normalized spacial score (nSPS) is 12.7. The topological polar surface area (TPSA) is 41.5 Å². The highest BCUT2D eigenvalue weighted by molar-refractivity contribution is 9.10. The Bertz CT molecular complexity index is 341. The second kappa shape index (κ2) is 9.34. The van der Waals surface area contributed by atoms with Crippen LogP contribution in [0.3, 0.4) is 0 Å². The Labute approximate surface area is 124 Å². The van der Waals surface area contributed by atoms with E-state index in [1.54, 1.807) is 0 Å². The summed E-state index contributed by atoms with van der Waals surface area (Å²) in [6, 6.07) is 7.61. The molecule has 19 heavy (non-hydrogen) atoms. The van der Waals surface area contributed by atoms with Gasteiger partial charge in [-0.2, -0.15) is 0 Å². The number of hydrogen-bond donors (Lipinski definition) is 2. The van der Waals surface area contributed by atoms with Gasteiger partial charge in [-0.05, 0) is 49.6 Å². The maximum Gasteiger partial charge on any atom is 0.119 e. The quantitative estimate of drug-likeness (QED) is 0.683. The molecule has 0 aliphatic heterocycles.